The van der Waals surface area contributed by atoms with Crippen LogP contribution in [-0.4, -0.2) is 55.0 Å². The Labute approximate surface area is 187 Å². The number of aromatic hydroxyl groups is 1. The van der Waals surface area contributed by atoms with Crippen molar-refractivity contribution in [1.29, 1.82) is 0 Å². The summed E-state index contributed by atoms with van der Waals surface area (Å²) in [6, 6.07) is 5.62. The molecule has 0 fully saturated rings. The van der Waals surface area contributed by atoms with Crippen LogP contribution < -0.4 is 5.43 Å². The number of rotatable bonds is 6. The quantitative estimate of drug-likeness (QED) is 0.588. The molecule has 1 amide bonds. The van der Waals surface area contributed by atoms with Crippen molar-refractivity contribution < 1.29 is 19.4 Å². The number of aromatic nitrogens is 3. The van der Waals surface area contributed by atoms with E-state index in [9.17, 15) is 24.2 Å². The predicted octanol–water partition coefficient (Wildman–Crippen LogP) is 2.59. The van der Waals surface area contributed by atoms with E-state index < -0.39 is 17.1 Å². The highest BCUT2D eigenvalue weighted by Crippen LogP contribution is 2.32. The number of carbonyl (C=O) groups excluding carboxylic acids is 1. The minimum absolute atomic E-state index is 0.0757. The van der Waals surface area contributed by atoms with E-state index in [0.29, 0.717) is 29.4 Å². The van der Waals surface area contributed by atoms with Crippen molar-refractivity contribution in [1.82, 2.24) is 19.7 Å². The lowest BCUT2D eigenvalue weighted by Gasteiger charge is -2.38. The summed E-state index contributed by atoms with van der Waals surface area (Å²) in [5.74, 6) is -1.38. The monoisotopic (exact) mass is 458 g/mol. The van der Waals surface area contributed by atoms with Crippen LogP contribution in [0.25, 0.3) is 10.6 Å². The van der Waals surface area contributed by atoms with Crippen molar-refractivity contribution in [3.63, 3.8) is 0 Å². The molecule has 1 atom stereocenters. The number of aliphatic hydroxyl groups excluding tert-OH is 1. The molecular weight excluding hydrogens is 435 g/mol. The smallest absolute Gasteiger partial charge is 0.274 e. The third-order valence-corrected chi connectivity index (χ3v) is 6.48. The lowest BCUT2D eigenvalue weighted by Crippen LogP contribution is -2.47. The van der Waals surface area contributed by atoms with Crippen molar-refractivity contribution in [2.24, 2.45) is 0 Å². The number of hydrogen-bond donors (Lipinski definition) is 2. The van der Waals surface area contributed by atoms with E-state index in [-0.39, 0.29) is 35.8 Å². The van der Waals surface area contributed by atoms with Gasteiger partial charge < -0.3 is 19.7 Å². The number of nitrogens with zero attached hydrogens (tertiary/aromatic N) is 4. The standard InChI is InChI=1S/C22H23FN4O4S/c1-12(2)26-10-15(7-8-28)27-11-16(19(29)20(30)18(27)22(26)31)21-25-24-17(32-21)9-13-3-5-14(23)6-4-13/h3-6,11-12,15,28,30H,7-10H2,1-2H3/t15-/m0/s1. The lowest BCUT2D eigenvalue weighted by atomic mass is 10.0. The molecule has 8 nitrogen and oxygen atoms in total. The molecule has 0 aliphatic carbocycles. The molecule has 0 spiro atoms. The van der Waals surface area contributed by atoms with Crippen molar-refractivity contribution >= 4 is 17.2 Å². The van der Waals surface area contributed by atoms with Gasteiger partial charge in [-0.3, -0.25) is 9.59 Å². The Morgan fingerprint density at radius 2 is 1.94 bits per heavy atom. The van der Waals surface area contributed by atoms with Crippen LogP contribution in [0.4, 0.5) is 4.39 Å². The van der Waals surface area contributed by atoms with Crippen LogP contribution in [0.5, 0.6) is 5.75 Å². The van der Waals surface area contributed by atoms with E-state index in [4.69, 9.17) is 0 Å². The van der Waals surface area contributed by atoms with Gasteiger partial charge in [0.15, 0.2) is 16.5 Å². The summed E-state index contributed by atoms with van der Waals surface area (Å²) in [5, 5.41) is 29.4. The zero-order valence-electron chi connectivity index (χ0n) is 17.7. The number of carbonyl (C=O) groups is 1. The Kier molecular flexibility index (Phi) is 6.07. The third kappa shape index (κ3) is 4.03. The fourth-order valence-electron chi connectivity index (χ4n) is 3.84. The Balaban J connectivity index is 1.74. The summed E-state index contributed by atoms with van der Waals surface area (Å²) in [7, 11) is 0. The Morgan fingerprint density at radius 1 is 1.22 bits per heavy atom. The van der Waals surface area contributed by atoms with Crippen LogP contribution in [-0.2, 0) is 6.42 Å². The summed E-state index contributed by atoms with van der Waals surface area (Å²) < 4.78 is 14.7. The average molecular weight is 459 g/mol. The second-order valence-corrected chi connectivity index (χ2v) is 9.06. The maximum absolute atomic E-state index is 13.1. The van der Waals surface area contributed by atoms with Crippen LogP contribution in [0.3, 0.4) is 0 Å². The Bertz CT molecular complexity index is 1210. The van der Waals surface area contributed by atoms with E-state index in [1.807, 2.05) is 13.8 Å². The number of halogens is 1. The zero-order valence-corrected chi connectivity index (χ0v) is 18.5. The first-order valence-electron chi connectivity index (χ1n) is 10.3. The molecule has 0 saturated heterocycles. The minimum Gasteiger partial charge on any atom is -0.503 e. The van der Waals surface area contributed by atoms with Crippen LogP contribution in [0.15, 0.2) is 35.3 Å². The molecule has 32 heavy (non-hydrogen) atoms. The summed E-state index contributed by atoms with van der Waals surface area (Å²) in [6.07, 6.45) is 2.30. The minimum atomic E-state index is -0.692. The topological polar surface area (TPSA) is 109 Å². The molecule has 4 rings (SSSR count). The normalized spacial score (nSPS) is 16.0. The summed E-state index contributed by atoms with van der Waals surface area (Å²) in [6.45, 7) is 3.97. The third-order valence-electron chi connectivity index (χ3n) is 5.53. The van der Waals surface area contributed by atoms with Gasteiger partial charge in [-0.25, -0.2) is 4.39 Å². The number of pyridine rings is 1. The van der Waals surface area contributed by atoms with Gasteiger partial charge in [-0.1, -0.05) is 23.5 Å². The summed E-state index contributed by atoms with van der Waals surface area (Å²) in [5.41, 5.74) is 0.222. The van der Waals surface area contributed by atoms with Gasteiger partial charge in [0.25, 0.3) is 5.91 Å². The number of amides is 1. The second kappa shape index (κ2) is 8.79. The van der Waals surface area contributed by atoms with E-state index in [1.54, 1.807) is 21.6 Å². The molecule has 0 unspecified atom stereocenters. The van der Waals surface area contributed by atoms with Gasteiger partial charge in [-0.15, -0.1) is 10.2 Å². The van der Waals surface area contributed by atoms with E-state index in [2.05, 4.69) is 10.2 Å². The van der Waals surface area contributed by atoms with Crippen molar-refractivity contribution in [2.45, 2.75) is 38.8 Å². The first-order valence-corrected chi connectivity index (χ1v) is 11.1. The van der Waals surface area contributed by atoms with Gasteiger partial charge >= 0.3 is 0 Å². The van der Waals surface area contributed by atoms with Gasteiger partial charge in [-0.05, 0) is 38.0 Å². The van der Waals surface area contributed by atoms with Crippen molar-refractivity contribution in [3.8, 4) is 16.3 Å². The van der Waals surface area contributed by atoms with E-state index >= 15 is 0 Å². The van der Waals surface area contributed by atoms with Crippen molar-refractivity contribution in [3.05, 3.63) is 62.8 Å². The number of benzene rings is 1. The second-order valence-electron chi connectivity index (χ2n) is 8.00. The molecule has 1 aromatic carbocycles. The molecule has 3 aromatic rings. The van der Waals surface area contributed by atoms with Crippen LogP contribution in [0.1, 0.15) is 47.4 Å². The molecule has 0 radical (unpaired) electrons. The van der Waals surface area contributed by atoms with E-state index in [0.717, 1.165) is 5.56 Å². The zero-order chi connectivity index (χ0) is 23.0. The molecule has 0 bridgehead atoms. The lowest BCUT2D eigenvalue weighted by molar-refractivity contribution is 0.0579. The van der Waals surface area contributed by atoms with Gasteiger partial charge in [0.1, 0.15) is 10.8 Å². The molecule has 3 heterocycles. The highest BCUT2D eigenvalue weighted by molar-refractivity contribution is 7.14. The average Bonchev–Trinajstić information content (AvgIpc) is 3.21. The van der Waals surface area contributed by atoms with Gasteiger partial charge in [0.05, 0.1) is 11.6 Å². The van der Waals surface area contributed by atoms with Crippen LogP contribution >= 0.6 is 11.3 Å². The molecule has 2 aromatic heterocycles. The van der Waals surface area contributed by atoms with Crippen LogP contribution in [0, 0.1) is 5.82 Å². The molecule has 168 valence electrons. The molecule has 10 heteroatoms. The first kappa shape index (κ1) is 22.1. The highest BCUT2D eigenvalue weighted by atomic mass is 32.1. The van der Waals surface area contributed by atoms with Gasteiger partial charge in [-0.2, -0.15) is 0 Å². The number of fused-ring (bicyclic) bond motifs is 1. The number of hydrogen-bond acceptors (Lipinski definition) is 7. The maximum Gasteiger partial charge on any atom is 0.274 e. The van der Waals surface area contributed by atoms with Gasteiger partial charge in [0, 0.05) is 31.8 Å². The summed E-state index contributed by atoms with van der Waals surface area (Å²) >= 11 is 1.19. The molecule has 0 saturated carbocycles. The fourth-order valence-corrected chi connectivity index (χ4v) is 4.72. The molecule has 1 aliphatic heterocycles. The first-order chi connectivity index (χ1) is 15.3. The summed E-state index contributed by atoms with van der Waals surface area (Å²) in [4.78, 5) is 27.5. The number of aliphatic hydroxyl groups is 1. The molecule has 2 N–H and O–H groups in total. The van der Waals surface area contributed by atoms with Crippen molar-refractivity contribution in [2.75, 3.05) is 13.2 Å². The van der Waals surface area contributed by atoms with Gasteiger partial charge in [0.2, 0.25) is 5.43 Å². The Morgan fingerprint density at radius 3 is 2.59 bits per heavy atom. The van der Waals surface area contributed by atoms with E-state index in [1.165, 1.54) is 29.7 Å². The highest BCUT2D eigenvalue weighted by Gasteiger charge is 2.36. The predicted molar refractivity (Wildman–Crippen MR) is 117 cm³/mol. The SMILES string of the molecule is CC(C)N1C[C@H](CCO)n2cc(-c3nnc(Cc4ccc(F)cc4)s3)c(=O)c(O)c2C1=O. The Hall–Kier alpha value is -3.11. The van der Waals surface area contributed by atoms with Crippen LogP contribution in [0.2, 0.25) is 0 Å². The fraction of sp³-hybridized carbons (Fsp3) is 0.364. The largest absolute Gasteiger partial charge is 0.503 e. The maximum atomic E-state index is 13.1. The molecular formula is C22H23FN4O4S. The molecule has 1 aliphatic rings.